The lowest BCUT2D eigenvalue weighted by Gasteiger charge is -2.35. The maximum absolute atomic E-state index is 13.8. The summed E-state index contributed by atoms with van der Waals surface area (Å²) >= 11 is 0. The zero-order valence-corrected chi connectivity index (χ0v) is 18.0. The van der Waals surface area contributed by atoms with Crippen LogP contribution in [0.3, 0.4) is 0 Å². The molecule has 0 amide bonds. The van der Waals surface area contributed by atoms with E-state index < -0.39 is 0 Å². The second kappa shape index (κ2) is 11.0. The van der Waals surface area contributed by atoms with Crippen LogP contribution in [0, 0.1) is 23.6 Å². The van der Waals surface area contributed by atoms with Crippen molar-refractivity contribution in [3.05, 3.63) is 41.2 Å². The Bertz CT molecular complexity index is 627. The summed E-state index contributed by atoms with van der Waals surface area (Å²) in [5.41, 5.74) is 2.66. The van der Waals surface area contributed by atoms with Crippen LogP contribution in [0.25, 0.3) is 0 Å². The summed E-state index contributed by atoms with van der Waals surface area (Å²) in [5, 5.41) is 0. The molecule has 0 heterocycles. The zero-order valence-electron chi connectivity index (χ0n) is 18.0. The van der Waals surface area contributed by atoms with E-state index in [4.69, 9.17) is 4.74 Å². The molecule has 0 spiro atoms. The van der Waals surface area contributed by atoms with E-state index in [0.717, 1.165) is 36.2 Å². The van der Waals surface area contributed by atoms with E-state index in [9.17, 15) is 4.39 Å². The van der Waals surface area contributed by atoms with Crippen LogP contribution in [0.1, 0.15) is 89.5 Å². The van der Waals surface area contributed by atoms with Crippen LogP contribution in [0.15, 0.2) is 29.8 Å². The van der Waals surface area contributed by atoms with E-state index in [-0.39, 0.29) is 5.82 Å². The number of methoxy groups -OCH3 is 1. The molecule has 0 radical (unpaired) electrons. The van der Waals surface area contributed by atoms with Gasteiger partial charge in [0, 0.05) is 0 Å². The lowest BCUT2D eigenvalue weighted by molar-refractivity contribution is 0.185. The Morgan fingerprint density at radius 2 is 1.82 bits per heavy atom. The quantitative estimate of drug-likeness (QED) is 0.310. The van der Waals surface area contributed by atoms with E-state index in [2.05, 4.69) is 13.0 Å². The van der Waals surface area contributed by atoms with E-state index in [1.165, 1.54) is 77.7 Å². The number of halogens is 1. The van der Waals surface area contributed by atoms with E-state index in [1.807, 2.05) is 6.07 Å². The normalized spacial score (nSPS) is 25.4. The Balaban J connectivity index is 1.39. The van der Waals surface area contributed by atoms with Gasteiger partial charge in [-0.3, -0.25) is 0 Å². The van der Waals surface area contributed by atoms with Gasteiger partial charge in [-0.05, 0) is 80.4 Å². The molecule has 0 aliphatic heterocycles. The third kappa shape index (κ3) is 6.09. The third-order valence-electron chi connectivity index (χ3n) is 7.27. The highest BCUT2D eigenvalue weighted by Crippen LogP contribution is 2.41. The van der Waals surface area contributed by atoms with Crippen molar-refractivity contribution in [3.63, 3.8) is 0 Å². The van der Waals surface area contributed by atoms with E-state index in [0.29, 0.717) is 5.75 Å². The molecule has 2 aliphatic rings. The first-order chi connectivity index (χ1) is 13.7. The van der Waals surface area contributed by atoms with Crippen molar-refractivity contribution < 1.29 is 9.13 Å². The summed E-state index contributed by atoms with van der Waals surface area (Å²) in [7, 11) is 1.51. The predicted molar refractivity (Wildman–Crippen MR) is 116 cm³/mol. The third-order valence-corrected chi connectivity index (χ3v) is 7.27. The first-order valence-electron chi connectivity index (χ1n) is 11.7. The fourth-order valence-electron chi connectivity index (χ4n) is 5.37. The van der Waals surface area contributed by atoms with Crippen molar-refractivity contribution in [2.75, 3.05) is 7.11 Å². The molecule has 1 fully saturated rings. The summed E-state index contributed by atoms with van der Waals surface area (Å²) in [5.74, 6) is 2.99. The molecule has 2 aliphatic carbocycles. The Kier molecular flexibility index (Phi) is 8.43. The fraction of sp³-hybridized carbons (Fsp3) is 0.692. The van der Waals surface area contributed by atoms with E-state index >= 15 is 0 Å². The monoisotopic (exact) mass is 386 g/mol. The van der Waals surface area contributed by atoms with Crippen molar-refractivity contribution in [3.8, 4) is 5.75 Å². The van der Waals surface area contributed by atoms with Crippen molar-refractivity contribution in [1.29, 1.82) is 0 Å². The largest absolute Gasteiger partial charge is 0.494 e. The smallest absolute Gasteiger partial charge is 0.165 e. The van der Waals surface area contributed by atoms with Crippen molar-refractivity contribution in [1.82, 2.24) is 0 Å². The molecule has 156 valence electrons. The SMILES string of the molecule is CCCCC[C@H]1CC[C@H](C2CC=C(CCc3ccc(OC)c(F)c3)CC2)CC1. The number of aryl methyl sites for hydroxylation is 1. The molecule has 1 saturated carbocycles. The highest BCUT2D eigenvalue weighted by Gasteiger charge is 2.28. The van der Waals surface area contributed by atoms with Crippen LogP contribution in [-0.4, -0.2) is 7.11 Å². The summed E-state index contributed by atoms with van der Waals surface area (Å²) in [6.45, 7) is 2.30. The highest BCUT2D eigenvalue weighted by atomic mass is 19.1. The van der Waals surface area contributed by atoms with E-state index in [1.54, 1.807) is 17.7 Å². The maximum Gasteiger partial charge on any atom is 0.165 e. The molecule has 2 heteroatoms. The molecule has 1 aromatic rings. The first-order valence-corrected chi connectivity index (χ1v) is 11.7. The van der Waals surface area contributed by atoms with Gasteiger partial charge in [0.05, 0.1) is 7.11 Å². The van der Waals surface area contributed by atoms with Gasteiger partial charge in [-0.25, -0.2) is 4.39 Å². The first kappa shape index (κ1) is 21.4. The van der Waals surface area contributed by atoms with Crippen LogP contribution in [0.2, 0.25) is 0 Å². The minimum atomic E-state index is -0.247. The summed E-state index contributed by atoms with van der Waals surface area (Å²) in [6.07, 6.45) is 20.0. The van der Waals surface area contributed by atoms with Gasteiger partial charge in [0.2, 0.25) is 0 Å². The number of unbranched alkanes of at least 4 members (excludes halogenated alkanes) is 2. The molecule has 1 nitrogen and oxygen atoms in total. The second-order valence-electron chi connectivity index (χ2n) is 9.14. The van der Waals surface area contributed by atoms with Crippen molar-refractivity contribution >= 4 is 0 Å². The van der Waals surface area contributed by atoms with Gasteiger partial charge in [-0.15, -0.1) is 0 Å². The average molecular weight is 387 g/mol. The van der Waals surface area contributed by atoms with Crippen LogP contribution in [-0.2, 0) is 6.42 Å². The Morgan fingerprint density at radius 1 is 1.00 bits per heavy atom. The van der Waals surface area contributed by atoms with Gasteiger partial charge in [0.15, 0.2) is 11.6 Å². The lowest BCUT2D eigenvalue weighted by Crippen LogP contribution is -2.23. The van der Waals surface area contributed by atoms with Gasteiger partial charge in [0.1, 0.15) is 0 Å². The number of allylic oxidation sites excluding steroid dienone is 2. The zero-order chi connectivity index (χ0) is 19.8. The Hall–Kier alpha value is -1.31. The van der Waals surface area contributed by atoms with Crippen LogP contribution >= 0.6 is 0 Å². The summed E-state index contributed by atoms with van der Waals surface area (Å²) < 4.78 is 18.9. The summed E-state index contributed by atoms with van der Waals surface area (Å²) in [4.78, 5) is 0. The summed E-state index contributed by atoms with van der Waals surface area (Å²) in [6, 6.07) is 5.37. The minimum Gasteiger partial charge on any atom is -0.494 e. The molecular weight excluding hydrogens is 347 g/mol. The molecule has 1 aromatic carbocycles. The topological polar surface area (TPSA) is 9.23 Å². The lowest BCUT2D eigenvalue weighted by atomic mass is 9.70. The molecule has 0 saturated heterocycles. The van der Waals surface area contributed by atoms with Crippen LogP contribution < -0.4 is 4.74 Å². The molecule has 3 rings (SSSR count). The fourth-order valence-corrected chi connectivity index (χ4v) is 5.37. The maximum atomic E-state index is 13.8. The molecular formula is C26H39FO. The van der Waals surface area contributed by atoms with Gasteiger partial charge in [-0.2, -0.15) is 0 Å². The molecule has 0 aromatic heterocycles. The number of hydrogen-bond acceptors (Lipinski definition) is 1. The number of rotatable bonds is 9. The number of hydrogen-bond donors (Lipinski definition) is 0. The average Bonchev–Trinajstić information content (AvgIpc) is 2.73. The van der Waals surface area contributed by atoms with Gasteiger partial charge in [0.25, 0.3) is 0 Å². The van der Waals surface area contributed by atoms with Crippen molar-refractivity contribution in [2.45, 2.75) is 90.4 Å². The van der Waals surface area contributed by atoms with Crippen LogP contribution in [0.4, 0.5) is 4.39 Å². The number of ether oxygens (including phenoxy) is 1. The molecule has 1 atom stereocenters. The minimum absolute atomic E-state index is 0.247. The molecule has 0 bridgehead atoms. The van der Waals surface area contributed by atoms with Gasteiger partial charge >= 0.3 is 0 Å². The second-order valence-corrected chi connectivity index (χ2v) is 9.14. The van der Waals surface area contributed by atoms with Gasteiger partial charge < -0.3 is 4.74 Å². The predicted octanol–water partition coefficient (Wildman–Crippen LogP) is 7.88. The molecule has 28 heavy (non-hydrogen) atoms. The molecule has 1 unspecified atom stereocenters. The standard InChI is InChI=1S/C26H39FO/c1-3-4-5-6-20-9-14-23(15-10-20)24-16-11-21(12-17-24)7-8-22-13-18-26(28-2)25(27)19-22/h11,13,18-20,23-24H,3-10,12,14-17H2,1-2H3/t20-,23-,24?. The Morgan fingerprint density at radius 3 is 2.46 bits per heavy atom. The number of benzene rings is 1. The Labute approximate surface area is 171 Å². The van der Waals surface area contributed by atoms with Crippen molar-refractivity contribution in [2.24, 2.45) is 17.8 Å². The van der Waals surface area contributed by atoms with Gasteiger partial charge in [-0.1, -0.05) is 63.2 Å². The van der Waals surface area contributed by atoms with Crippen LogP contribution in [0.5, 0.6) is 5.75 Å². The highest BCUT2D eigenvalue weighted by molar-refractivity contribution is 5.29. The molecule has 0 N–H and O–H groups in total.